The molecule has 1 saturated heterocycles. The summed E-state index contributed by atoms with van der Waals surface area (Å²) in [5.74, 6) is 1.48. The Morgan fingerprint density at radius 3 is 2.38 bits per heavy atom. The molecule has 0 aromatic heterocycles. The van der Waals surface area contributed by atoms with Gasteiger partial charge in [-0.2, -0.15) is 0 Å². The van der Waals surface area contributed by atoms with Crippen LogP contribution in [0.3, 0.4) is 0 Å². The first-order chi connectivity index (χ1) is 6.21. The van der Waals surface area contributed by atoms with Gasteiger partial charge in [0.2, 0.25) is 0 Å². The molecule has 0 aromatic carbocycles. The standard InChI is InChI=1S/C11H21ClO/c1-4-10(5-2)11(8-12)6-7-13-9(11)3/h9-10H,4-8H2,1-3H3. The van der Waals surface area contributed by atoms with Gasteiger partial charge in [0.15, 0.2) is 0 Å². The van der Waals surface area contributed by atoms with Gasteiger partial charge in [-0.05, 0) is 19.3 Å². The Morgan fingerprint density at radius 1 is 1.46 bits per heavy atom. The van der Waals surface area contributed by atoms with E-state index in [-0.39, 0.29) is 5.41 Å². The molecule has 0 bridgehead atoms. The Morgan fingerprint density at radius 2 is 2.08 bits per heavy atom. The van der Waals surface area contributed by atoms with E-state index in [1.54, 1.807) is 0 Å². The van der Waals surface area contributed by atoms with Crippen molar-refractivity contribution in [2.24, 2.45) is 11.3 Å². The monoisotopic (exact) mass is 204 g/mol. The normalized spacial score (nSPS) is 34.4. The molecule has 0 aliphatic carbocycles. The summed E-state index contributed by atoms with van der Waals surface area (Å²) < 4.78 is 5.66. The van der Waals surface area contributed by atoms with Crippen LogP contribution in [0.5, 0.6) is 0 Å². The van der Waals surface area contributed by atoms with Gasteiger partial charge in [0.25, 0.3) is 0 Å². The van der Waals surface area contributed by atoms with Crippen LogP contribution < -0.4 is 0 Å². The Hall–Kier alpha value is 0.250. The summed E-state index contributed by atoms with van der Waals surface area (Å²) in [5.41, 5.74) is 0.255. The molecule has 1 aliphatic rings. The van der Waals surface area contributed by atoms with E-state index < -0.39 is 0 Å². The molecule has 0 saturated carbocycles. The highest BCUT2D eigenvalue weighted by Crippen LogP contribution is 2.45. The molecule has 2 atom stereocenters. The van der Waals surface area contributed by atoms with Gasteiger partial charge >= 0.3 is 0 Å². The molecule has 13 heavy (non-hydrogen) atoms. The Kier molecular flexibility index (Phi) is 4.06. The average molecular weight is 205 g/mol. The lowest BCUT2D eigenvalue weighted by Crippen LogP contribution is -2.38. The second-order valence-electron chi connectivity index (χ2n) is 4.14. The lowest BCUT2D eigenvalue weighted by molar-refractivity contribution is 0.0387. The van der Waals surface area contributed by atoms with Crippen LogP contribution in [0.25, 0.3) is 0 Å². The Balaban J connectivity index is 2.77. The van der Waals surface area contributed by atoms with E-state index in [2.05, 4.69) is 20.8 Å². The first-order valence-corrected chi connectivity index (χ1v) is 5.92. The summed E-state index contributed by atoms with van der Waals surface area (Å²) in [7, 11) is 0. The summed E-state index contributed by atoms with van der Waals surface area (Å²) in [6.07, 6.45) is 3.92. The summed E-state index contributed by atoms with van der Waals surface area (Å²) >= 11 is 6.13. The third-order valence-electron chi connectivity index (χ3n) is 3.79. The molecule has 0 N–H and O–H groups in total. The fourth-order valence-electron chi connectivity index (χ4n) is 2.72. The molecule has 1 fully saturated rings. The van der Waals surface area contributed by atoms with E-state index in [0.717, 1.165) is 24.8 Å². The van der Waals surface area contributed by atoms with Crippen LogP contribution >= 0.6 is 11.6 Å². The summed E-state index contributed by atoms with van der Waals surface area (Å²) in [6, 6.07) is 0. The van der Waals surface area contributed by atoms with Gasteiger partial charge in [0, 0.05) is 17.9 Å². The zero-order chi connectivity index (χ0) is 9.90. The lowest BCUT2D eigenvalue weighted by Gasteiger charge is -2.37. The van der Waals surface area contributed by atoms with Crippen molar-refractivity contribution < 1.29 is 4.74 Å². The zero-order valence-corrected chi connectivity index (χ0v) is 9.73. The van der Waals surface area contributed by atoms with Gasteiger partial charge in [-0.25, -0.2) is 0 Å². The minimum atomic E-state index is 0.255. The topological polar surface area (TPSA) is 9.23 Å². The molecule has 2 heteroatoms. The van der Waals surface area contributed by atoms with E-state index in [4.69, 9.17) is 16.3 Å². The first-order valence-electron chi connectivity index (χ1n) is 5.38. The van der Waals surface area contributed by atoms with Crippen LogP contribution in [0.4, 0.5) is 0 Å². The van der Waals surface area contributed by atoms with Crippen LogP contribution in [0.2, 0.25) is 0 Å². The summed E-state index contributed by atoms with van der Waals surface area (Å²) in [5, 5.41) is 0. The lowest BCUT2D eigenvalue weighted by atomic mass is 9.70. The fraction of sp³-hybridized carbons (Fsp3) is 1.00. The third-order valence-corrected chi connectivity index (χ3v) is 4.29. The highest BCUT2D eigenvalue weighted by molar-refractivity contribution is 6.18. The van der Waals surface area contributed by atoms with Gasteiger partial charge < -0.3 is 4.74 Å². The number of hydrogen-bond donors (Lipinski definition) is 0. The molecule has 2 unspecified atom stereocenters. The second-order valence-corrected chi connectivity index (χ2v) is 4.41. The van der Waals surface area contributed by atoms with E-state index in [0.29, 0.717) is 6.10 Å². The molecular weight excluding hydrogens is 184 g/mol. The highest BCUT2D eigenvalue weighted by atomic mass is 35.5. The van der Waals surface area contributed by atoms with E-state index in [1.807, 2.05) is 0 Å². The van der Waals surface area contributed by atoms with Crippen molar-refractivity contribution in [2.75, 3.05) is 12.5 Å². The van der Waals surface area contributed by atoms with Gasteiger partial charge in [0.05, 0.1) is 6.10 Å². The van der Waals surface area contributed by atoms with Gasteiger partial charge in [0.1, 0.15) is 0 Å². The Labute approximate surface area is 86.8 Å². The molecular formula is C11H21ClO. The SMILES string of the molecule is CCC(CC)C1(CCl)CCOC1C. The Bertz CT molecular complexity index is 156. The van der Waals surface area contributed by atoms with Gasteiger partial charge in [-0.3, -0.25) is 0 Å². The van der Waals surface area contributed by atoms with E-state index in [9.17, 15) is 0 Å². The first kappa shape index (κ1) is 11.3. The largest absolute Gasteiger partial charge is 0.378 e. The molecule has 0 amide bonds. The van der Waals surface area contributed by atoms with Gasteiger partial charge in [-0.1, -0.05) is 26.7 Å². The van der Waals surface area contributed by atoms with Crippen LogP contribution in [-0.2, 0) is 4.74 Å². The van der Waals surface area contributed by atoms with Crippen LogP contribution in [0, 0.1) is 11.3 Å². The second kappa shape index (κ2) is 4.65. The zero-order valence-electron chi connectivity index (χ0n) is 8.98. The predicted octanol–water partition coefficient (Wildman–Crippen LogP) is 3.46. The van der Waals surface area contributed by atoms with Crippen molar-refractivity contribution in [2.45, 2.75) is 46.1 Å². The average Bonchev–Trinajstić information content (AvgIpc) is 2.51. The summed E-state index contributed by atoms with van der Waals surface area (Å²) in [6.45, 7) is 7.58. The van der Waals surface area contributed by atoms with Crippen molar-refractivity contribution in [3.05, 3.63) is 0 Å². The molecule has 1 aliphatic heterocycles. The number of hydrogen-bond acceptors (Lipinski definition) is 1. The number of halogens is 1. The van der Waals surface area contributed by atoms with Crippen LogP contribution in [0.1, 0.15) is 40.0 Å². The highest BCUT2D eigenvalue weighted by Gasteiger charge is 2.45. The van der Waals surface area contributed by atoms with Crippen molar-refractivity contribution in [1.29, 1.82) is 0 Å². The number of ether oxygens (including phenoxy) is 1. The third kappa shape index (κ3) is 1.87. The molecule has 0 radical (unpaired) electrons. The van der Waals surface area contributed by atoms with Gasteiger partial charge in [-0.15, -0.1) is 11.6 Å². The van der Waals surface area contributed by atoms with E-state index >= 15 is 0 Å². The quantitative estimate of drug-likeness (QED) is 0.638. The minimum absolute atomic E-state index is 0.255. The van der Waals surface area contributed by atoms with Crippen LogP contribution in [-0.4, -0.2) is 18.6 Å². The fourth-order valence-corrected chi connectivity index (χ4v) is 3.29. The number of rotatable bonds is 4. The van der Waals surface area contributed by atoms with Crippen molar-refractivity contribution in [3.8, 4) is 0 Å². The van der Waals surface area contributed by atoms with Crippen molar-refractivity contribution in [1.82, 2.24) is 0 Å². The molecule has 78 valence electrons. The maximum Gasteiger partial charge on any atom is 0.0618 e. The van der Waals surface area contributed by atoms with Crippen molar-refractivity contribution in [3.63, 3.8) is 0 Å². The van der Waals surface area contributed by atoms with Crippen LogP contribution in [0.15, 0.2) is 0 Å². The molecule has 1 rings (SSSR count). The molecule has 1 heterocycles. The summed E-state index contributed by atoms with van der Waals surface area (Å²) in [4.78, 5) is 0. The smallest absolute Gasteiger partial charge is 0.0618 e. The molecule has 0 aromatic rings. The molecule has 1 nitrogen and oxygen atoms in total. The van der Waals surface area contributed by atoms with Crippen molar-refractivity contribution >= 4 is 11.6 Å². The number of alkyl halides is 1. The maximum atomic E-state index is 6.13. The van der Waals surface area contributed by atoms with E-state index in [1.165, 1.54) is 12.8 Å². The maximum absolute atomic E-state index is 6.13. The minimum Gasteiger partial charge on any atom is -0.378 e. The molecule has 0 spiro atoms. The predicted molar refractivity (Wildman–Crippen MR) is 57.3 cm³/mol.